The Labute approximate surface area is 63.5 Å². The van der Waals surface area contributed by atoms with Crippen molar-refractivity contribution < 1.29 is 0 Å². The summed E-state index contributed by atoms with van der Waals surface area (Å²) in [6, 6.07) is 3.16. The Morgan fingerprint density at radius 1 is 1.22 bits per heavy atom. The fourth-order valence-corrected chi connectivity index (χ4v) is 2.94. The fraction of sp³-hybridized carbons (Fsp3) is 1.00. The van der Waals surface area contributed by atoms with Gasteiger partial charge in [0.1, 0.15) is 0 Å². The number of rotatable bonds is 5. The summed E-state index contributed by atoms with van der Waals surface area (Å²) in [6.07, 6.45) is 3.07. The maximum Gasteiger partial charge on any atom is 0.0305 e. The zero-order chi connectivity index (χ0) is 7.11. The standard InChI is InChI=1S/C7H20Si2/c1-8-6-4-5-7-9(2)3/h9H,4-8H2,1-3H3. The molecule has 0 fully saturated rings. The van der Waals surface area contributed by atoms with E-state index in [0.29, 0.717) is 9.52 Å². The molecule has 0 nitrogen and oxygen atoms in total. The lowest BCUT2D eigenvalue weighted by molar-refractivity contribution is 0.870. The molecule has 0 amide bonds. The summed E-state index contributed by atoms with van der Waals surface area (Å²) in [5.41, 5.74) is 0. The van der Waals surface area contributed by atoms with Gasteiger partial charge in [-0.2, -0.15) is 0 Å². The van der Waals surface area contributed by atoms with Crippen LogP contribution in [-0.2, 0) is 0 Å². The van der Waals surface area contributed by atoms with E-state index in [1.54, 1.807) is 12.1 Å². The third-order valence-electron chi connectivity index (χ3n) is 1.64. The van der Waals surface area contributed by atoms with Crippen LogP contribution >= 0.6 is 0 Å². The van der Waals surface area contributed by atoms with Crippen LogP contribution in [0.3, 0.4) is 0 Å². The van der Waals surface area contributed by atoms with E-state index in [4.69, 9.17) is 0 Å². The second kappa shape index (κ2) is 6.55. The summed E-state index contributed by atoms with van der Waals surface area (Å²) < 4.78 is 0. The first-order valence-corrected chi connectivity index (χ1v) is 9.81. The molecular weight excluding hydrogens is 140 g/mol. The minimum absolute atomic E-state index is 0.198. The predicted octanol–water partition coefficient (Wildman–Crippen LogP) is 1.89. The first-order valence-electron chi connectivity index (χ1n) is 4.27. The summed E-state index contributed by atoms with van der Waals surface area (Å²) in [4.78, 5) is 0. The van der Waals surface area contributed by atoms with Crippen molar-refractivity contribution in [2.45, 2.75) is 44.6 Å². The average molecular weight is 160 g/mol. The van der Waals surface area contributed by atoms with E-state index in [1.165, 1.54) is 12.8 Å². The molecule has 0 aliphatic rings. The van der Waals surface area contributed by atoms with E-state index in [9.17, 15) is 0 Å². The molecule has 0 aliphatic carbocycles. The van der Waals surface area contributed by atoms with Crippen molar-refractivity contribution >= 4 is 18.3 Å². The Bertz CT molecular complexity index is 52.9. The zero-order valence-electron chi connectivity index (χ0n) is 7.11. The van der Waals surface area contributed by atoms with Gasteiger partial charge < -0.3 is 0 Å². The molecule has 0 radical (unpaired) electrons. The van der Waals surface area contributed by atoms with Crippen LogP contribution < -0.4 is 0 Å². The van der Waals surface area contributed by atoms with Gasteiger partial charge in [0.25, 0.3) is 0 Å². The minimum Gasteiger partial charge on any atom is -0.0748 e. The van der Waals surface area contributed by atoms with Crippen LogP contribution in [0.2, 0.25) is 31.7 Å². The maximum atomic E-state index is 2.45. The van der Waals surface area contributed by atoms with Crippen LogP contribution in [0.1, 0.15) is 12.8 Å². The Morgan fingerprint density at radius 2 is 1.89 bits per heavy atom. The lowest BCUT2D eigenvalue weighted by atomic mass is 10.4. The smallest absolute Gasteiger partial charge is 0.0305 e. The van der Waals surface area contributed by atoms with Crippen LogP contribution in [-0.4, -0.2) is 18.3 Å². The van der Waals surface area contributed by atoms with E-state index < -0.39 is 0 Å². The van der Waals surface area contributed by atoms with Crippen molar-refractivity contribution in [1.29, 1.82) is 0 Å². The molecule has 0 aliphatic heterocycles. The maximum absolute atomic E-state index is 2.45. The Morgan fingerprint density at radius 3 is 2.33 bits per heavy atom. The molecule has 56 valence electrons. The van der Waals surface area contributed by atoms with E-state index in [2.05, 4.69) is 19.6 Å². The van der Waals surface area contributed by atoms with Gasteiger partial charge in [0.2, 0.25) is 0 Å². The van der Waals surface area contributed by atoms with Crippen molar-refractivity contribution in [1.82, 2.24) is 0 Å². The average Bonchev–Trinajstić information content (AvgIpc) is 1.80. The second-order valence-electron chi connectivity index (χ2n) is 3.24. The predicted molar refractivity (Wildman–Crippen MR) is 52.1 cm³/mol. The van der Waals surface area contributed by atoms with Crippen LogP contribution in [0.4, 0.5) is 0 Å². The molecule has 0 saturated carbocycles. The molecule has 2 heteroatoms. The lowest BCUT2D eigenvalue weighted by Gasteiger charge is -2.00. The van der Waals surface area contributed by atoms with Gasteiger partial charge in [-0.3, -0.25) is 0 Å². The molecule has 0 heterocycles. The van der Waals surface area contributed by atoms with Crippen LogP contribution in [0, 0.1) is 0 Å². The molecule has 0 N–H and O–H groups in total. The molecule has 0 spiro atoms. The summed E-state index contributed by atoms with van der Waals surface area (Å²) in [5.74, 6) is 0. The van der Waals surface area contributed by atoms with E-state index in [-0.39, 0.29) is 8.80 Å². The molecule has 0 aromatic carbocycles. The summed E-state index contributed by atoms with van der Waals surface area (Å²) in [6.45, 7) is 7.31. The van der Waals surface area contributed by atoms with E-state index >= 15 is 0 Å². The molecule has 0 saturated heterocycles. The Balaban J connectivity index is 2.75. The van der Waals surface area contributed by atoms with Crippen LogP contribution in [0.5, 0.6) is 0 Å². The number of unbranched alkanes of at least 4 members (excludes halogenated alkanes) is 1. The highest BCUT2D eigenvalue weighted by atomic mass is 28.3. The van der Waals surface area contributed by atoms with E-state index in [0.717, 1.165) is 0 Å². The largest absolute Gasteiger partial charge is 0.0748 e. The van der Waals surface area contributed by atoms with Crippen molar-refractivity contribution in [3.05, 3.63) is 0 Å². The molecular formula is C7H20Si2. The normalized spacial score (nSPS) is 12.0. The monoisotopic (exact) mass is 160 g/mol. The molecule has 0 unspecified atom stereocenters. The molecule has 0 aromatic rings. The number of hydrogen-bond acceptors (Lipinski definition) is 0. The quantitative estimate of drug-likeness (QED) is 0.426. The van der Waals surface area contributed by atoms with Gasteiger partial charge in [0.05, 0.1) is 0 Å². The number of hydrogen-bond donors (Lipinski definition) is 0. The fourth-order valence-electron chi connectivity index (χ4n) is 0.979. The van der Waals surface area contributed by atoms with Crippen LogP contribution in [0.25, 0.3) is 0 Å². The first kappa shape index (κ1) is 9.43. The summed E-state index contributed by atoms with van der Waals surface area (Å²) in [7, 11) is 0.187. The van der Waals surface area contributed by atoms with Gasteiger partial charge in [-0.25, -0.2) is 0 Å². The summed E-state index contributed by atoms with van der Waals surface area (Å²) >= 11 is 0. The highest BCUT2D eigenvalue weighted by Gasteiger charge is 1.93. The van der Waals surface area contributed by atoms with Crippen LogP contribution in [0.15, 0.2) is 0 Å². The van der Waals surface area contributed by atoms with Gasteiger partial charge in [0.15, 0.2) is 0 Å². The second-order valence-corrected chi connectivity index (χ2v) is 8.32. The van der Waals surface area contributed by atoms with Crippen molar-refractivity contribution in [3.63, 3.8) is 0 Å². The molecule has 0 rings (SSSR count). The zero-order valence-corrected chi connectivity index (χ0v) is 9.68. The van der Waals surface area contributed by atoms with Gasteiger partial charge in [-0.15, -0.1) is 0 Å². The Kier molecular flexibility index (Phi) is 6.87. The third kappa shape index (κ3) is 8.43. The van der Waals surface area contributed by atoms with Crippen molar-refractivity contribution in [2.24, 2.45) is 0 Å². The van der Waals surface area contributed by atoms with Gasteiger partial charge >= 0.3 is 0 Å². The molecule has 0 aromatic heterocycles. The molecule has 9 heavy (non-hydrogen) atoms. The van der Waals surface area contributed by atoms with Crippen molar-refractivity contribution in [2.75, 3.05) is 0 Å². The highest BCUT2D eigenvalue weighted by molar-refractivity contribution is 6.55. The van der Waals surface area contributed by atoms with Gasteiger partial charge in [-0.1, -0.05) is 44.6 Å². The Hall–Kier alpha value is 0.434. The highest BCUT2D eigenvalue weighted by Crippen LogP contribution is 2.03. The van der Waals surface area contributed by atoms with Gasteiger partial charge in [-0.05, 0) is 0 Å². The summed E-state index contributed by atoms with van der Waals surface area (Å²) in [5, 5.41) is 0. The third-order valence-corrected chi connectivity index (χ3v) is 4.41. The molecule has 0 atom stereocenters. The van der Waals surface area contributed by atoms with Gasteiger partial charge in [0, 0.05) is 18.3 Å². The lowest BCUT2D eigenvalue weighted by Crippen LogP contribution is -1.97. The topological polar surface area (TPSA) is 0 Å². The van der Waals surface area contributed by atoms with Crippen molar-refractivity contribution in [3.8, 4) is 0 Å². The molecule has 0 bridgehead atoms. The van der Waals surface area contributed by atoms with E-state index in [1.807, 2.05) is 0 Å². The SMILES string of the molecule is C[SiH2]CCCC[SiH](C)C. The first-order chi connectivity index (χ1) is 4.27. The minimum atomic E-state index is -0.198.